The predicted octanol–water partition coefficient (Wildman–Crippen LogP) is 28.3. The molecule has 0 bridgehead atoms. The van der Waals surface area contributed by atoms with Crippen LogP contribution in [0.15, 0.2) is 365 Å². The molecule has 0 saturated heterocycles. The van der Waals surface area contributed by atoms with Gasteiger partial charge in [0.1, 0.15) is 0 Å². The fourth-order valence-corrected chi connectivity index (χ4v) is 19.5. The van der Waals surface area contributed by atoms with Crippen molar-refractivity contribution in [2.24, 2.45) is 0 Å². The van der Waals surface area contributed by atoms with Crippen LogP contribution in [0.2, 0.25) is 0 Å². The highest BCUT2D eigenvalue weighted by molar-refractivity contribution is 6.17. The first kappa shape index (κ1) is 75.2. The van der Waals surface area contributed by atoms with Crippen molar-refractivity contribution in [3.63, 3.8) is 0 Å². The Balaban J connectivity index is 0.000000112. The third kappa shape index (κ3) is 12.2. The van der Waals surface area contributed by atoms with Gasteiger partial charge < -0.3 is 27.4 Å². The van der Waals surface area contributed by atoms with Crippen molar-refractivity contribution in [3.8, 4) is 85.7 Å². The molecule has 12 heteroatoms. The fraction of sp³-hybridized carbons (Fsp3) is 0.0526. The average Bonchev–Trinajstić information content (AvgIpc) is 1.57. The Morgan fingerprint density at radius 1 is 0.198 bits per heavy atom. The summed E-state index contributed by atoms with van der Waals surface area (Å²) < 4.78 is 13.9. The van der Waals surface area contributed by atoms with Crippen LogP contribution in [0, 0.1) is 75.5 Å². The second kappa shape index (κ2) is 30.3. The second-order valence-corrected chi connectivity index (χ2v) is 32.9. The van der Waals surface area contributed by atoms with Crippen molar-refractivity contribution >= 4 is 131 Å². The van der Waals surface area contributed by atoms with E-state index in [0.717, 1.165) is 134 Å². The molecule has 0 amide bonds. The smallest absolute Gasteiger partial charge is 0.0998 e. The van der Waals surface area contributed by atoms with Crippen LogP contribution in [0.4, 0.5) is 0 Å². The minimum atomic E-state index is 0.622. The van der Waals surface area contributed by atoms with Crippen molar-refractivity contribution < 1.29 is 0 Å². The van der Waals surface area contributed by atoms with Crippen LogP contribution < -0.4 is 0 Å². The SMILES string of the molecule is Cc1ccc2c(c1)c1ccccc1n2-c1cncc(-n2c3ccccc3c3cc(C)ccc32)c1-c1ccc(C#N)cc1.Cc1ccc2c(c1)c1ccccc1n2-c1cncc(-n2c3ccccc3c3cc(C)ccc32)c1-c1cccc(C#N)c1.Cc1ccc2c(c1)c1ccccc1n2-c1cncc(-n2c3ccccc3c3cc(C)ccc32)c1-c1ccccc1C#N. The Labute approximate surface area is 726 Å². The highest BCUT2D eigenvalue weighted by Crippen LogP contribution is 2.48. The fourth-order valence-electron chi connectivity index (χ4n) is 19.5. The molecule has 0 radical (unpaired) electrons. The van der Waals surface area contributed by atoms with Gasteiger partial charge >= 0.3 is 0 Å². The lowest BCUT2D eigenvalue weighted by Crippen LogP contribution is -2.05. The number of aromatic nitrogens is 9. The number of nitrogens with zero attached hydrogens (tertiary/aromatic N) is 12. The number of rotatable bonds is 9. The molecule has 9 heterocycles. The number of pyridine rings is 3. The van der Waals surface area contributed by atoms with Crippen molar-refractivity contribution in [1.82, 2.24) is 42.4 Å². The van der Waals surface area contributed by atoms with Crippen molar-refractivity contribution in [1.29, 1.82) is 15.8 Å². The molecule has 126 heavy (non-hydrogen) atoms. The Bertz CT molecular complexity index is 8380. The number of fused-ring (bicyclic) bond motifs is 18. The van der Waals surface area contributed by atoms with E-state index in [1.165, 1.54) is 98.0 Å². The minimum Gasteiger partial charge on any atom is -0.307 e. The molecular weight excluding hydrogens is 1540 g/mol. The first-order chi connectivity index (χ1) is 61.9. The van der Waals surface area contributed by atoms with E-state index in [2.05, 4.69) is 366 Å². The van der Waals surface area contributed by atoms with Gasteiger partial charge in [-0.1, -0.05) is 221 Å². The van der Waals surface area contributed by atoms with E-state index in [1.54, 1.807) is 0 Å². The maximum atomic E-state index is 10.3. The summed E-state index contributed by atoms with van der Waals surface area (Å²) in [7, 11) is 0. The molecule has 0 aliphatic heterocycles. The summed E-state index contributed by atoms with van der Waals surface area (Å²) in [4.78, 5) is 14.6. The van der Waals surface area contributed by atoms with Gasteiger partial charge in [0.25, 0.3) is 0 Å². The zero-order chi connectivity index (χ0) is 85.1. The van der Waals surface area contributed by atoms with Crippen LogP contribution in [0.1, 0.15) is 50.1 Å². The van der Waals surface area contributed by atoms with Gasteiger partial charge in [-0.25, -0.2) is 0 Å². The molecule has 0 spiro atoms. The van der Waals surface area contributed by atoms with Crippen molar-refractivity contribution in [2.75, 3.05) is 0 Å². The van der Waals surface area contributed by atoms with E-state index >= 15 is 0 Å². The van der Waals surface area contributed by atoms with Gasteiger partial charge in [-0.15, -0.1) is 0 Å². The molecule has 0 atom stereocenters. The summed E-state index contributed by atoms with van der Waals surface area (Å²) in [6.07, 6.45) is 11.7. The van der Waals surface area contributed by atoms with Crippen LogP contribution in [0.3, 0.4) is 0 Å². The van der Waals surface area contributed by atoms with E-state index in [4.69, 9.17) is 15.0 Å². The number of para-hydroxylation sites is 6. The lowest BCUT2D eigenvalue weighted by atomic mass is 9.97. The summed E-state index contributed by atoms with van der Waals surface area (Å²) >= 11 is 0. The molecule has 0 N–H and O–H groups in total. The molecule has 24 aromatic rings. The third-order valence-corrected chi connectivity index (χ3v) is 25.0. The first-order valence-electron chi connectivity index (χ1n) is 42.3. The van der Waals surface area contributed by atoms with Crippen LogP contribution in [-0.2, 0) is 0 Å². The highest BCUT2D eigenvalue weighted by Gasteiger charge is 2.28. The standard InChI is InChI=1S/3C38H26N4/c1-24-14-16-34-30(18-24)28-10-3-5-12-32(28)41(34)36-22-40-23-37(38(36)27-9-7-8-26(20-27)21-39)42-33-13-6-4-11-29(33)31-19-25(2)15-17-35(31)42;1-24-11-17-34-30(19-24)28-7-3-5-9-32(28)41(34)36-22-40-23-37(38(36)27-15-13-26(21-39)14-16-27)42-33-10-6-4-8-29(33)31-20-25(2)12-18-35(31)42;1-24-15-17-34-30(19-24)28-11-5-7-13-32(28)41(34)36-22-40-23-37(38(36)27-10-4-3-9-26(27)21-39)42-33-14-8-6-12-29(33)31-20-25(2)16-18-35(31)42/h3*3-20,22-23H,1-2H3. The number of hydrogen-bond donors (Lipinski definition) is 0. The maximum absolute atomic E-state index is 10.3. The summed E-state index contributed by atoms with van der Waals surface area (Å²) in [5.41, 5.74) is 34.3. The number of aryl methyl sites for hydroxylation is 6. The molecule has 12 nitrogen and oxygen atoms in total. The number of hydrogen-bond acceptors (Lipinski definition) is 6. The van der Waals surface area contributed by atoms with Gasteiger partial charge in [-0.3, -0.25) is 15.0 Å². The van der Waals surface area contributed by atoms with Gasteiger partial charge in [0.05, 0.1) is 172 Å². The normalized spacial score (nSPS) is 11.5. The molecule has 24 rings (SSSR count). The summed E-state index contributed by atoms with van der Waals surface area (Å²) in [6, 6.07) is 122. The summed E-state index contributed by atoms with van der Waals surface area (Å²) in [5.74, 6) is 0. The van der Waals surface area contributed by atoms with E-state index in [9.17, 15) is 15.8 Å². The molecule has 0 aliphatic carbocycles. The highest BCUT2D eigenvalue weighted by atomic mass is 15.1. The molecule has 0 fully saturated rings. The summed E-state index contributed by atoms with van der Waals surface area (Å²) in [5, 5.41) is 44.1. The van der Waals surface area contributed by atoms with Crippen molar-refractivity contribution in [3.05, 3.63) is 415 Å². The third-order valence-electron chi connectivity index (χ3n) is 25.0. The quantitative estimate of drug-likeness (QED) is 0.141. The van der Waals surface area contributed by atoms with Gasteiger partial charge in [0, 0.05) is 86.9 Å². The zero-order valence-corrected chi connectivity index (χ0v) is 70.0. The molecule has 0 unspecified atom stereocenters. The predicted molar refractivity (Wildman–Crippen MR) is 518 cm³/mol. The topological polar surface area (TPSA) is 140 Å². The second-order valence-electron chi connectivity index (χ2n) is 32.9. The van der Waals surface area contributed by atoms with Crippen LogP contribution in [0.25, 0.3) is 198 Å². The monoisotopic (exact) mass is 1610 g/mol. The van der Waals surface area contributed by atoms with Crippen LogP contribution >= 0.6 is 0 Å². The zero-order valence-electron chi connectivity index (χ0n) is 70.0. The van der Waals surface area contributed by atoms with Gasteiger partial charge in [0.15, 0.2) is 0 Å². The molecule has 9 aromatic heterocycles. The number of benzene rings is 15. The molecule has 15 aromatic carbocycles. The van der Waals surface area contributed by atoms with Crippen LogP contribution in [-0.4, -0.2) is 42.4 Å². The van der Waals surface area contributed by atoms with E-state index in [1.807, 2.05) is 85.7 Å². The van der Waals surface area contributed by atoms with Gasteiger partial charge in [-0.2, -0.15) is 15.8 Å². The van der Waals surface area contributed by atoms with E-state index < -0.39 is 0 Å². The van der Waals surface area contributed by atoms with Crippen molar-refractivity contribution in [2.45, 2.75) is 41.5 Å². The Hall–Kier alpha value is -17.0. The Kier molecular flexibility index (Phi) is 18.1. The van der Waals surface area contributed by atoms with Gasteiger partial charge in [0.2, 0.25) is 0 Å². The Morgan fingerprint density at radius 2 is 0.452 bits per heavy atom. The minimum absolute atomic E-state index is 0.622. The molecular formula is C114H78N12. The van der Waals surface area contributed by atoms with Crippen LogP contribution in [0.5, 0.6) is 0 Å². The Morgan fingerprint density at radius 3 is 0.738 bits per heavy atom. The molecule has 0 saturated carbocycles. The lowest BCUT2D eigenvalue weighted by Gasteiger charge is -2.20. The lowest BCUT2D eigenvalue weighted by molar-refractivity contribution is 1.09. The van der Waals surface area contributed by atoms with E-state index in [0.29, 0.717) is 16.7 Å². The van der Waals surface area contributed by atoms with Gasteiger partial charge in [-0.05, 0) is 192 Å². The largest absolute Gasteiger partial charge is 0.307 e. The maximum Gasteiger partial charge on any atom is 0.0998 e. The molecule has 0 aliphatic rings. The average molecular weight is 1620 g/mol. The summed E-state index contributed by atoms with van der Waals surface area (Å²) in [6.45, 7) is 12.8. The number of nitriles is 3. The van der Waals surface area contributed by atoms with E-state index in [-0.39, 0.29) is 0 Å². The first-order valence-corrected chi connectivity index (χ1v) is 42.3. The molecule has 594 valence electrons.